The van der Waals surface area contributed by atoms with Crippen LogP contribution < -0.4 is 0 Å². The molecule has 0 saturated heterocycles. The number of hydrogen-bond acceptors (Lipinski definition) is 4. The van der Waals surface area contributed by atoms with Gasteiger partial charge in [0.1, 0.15) is 29.3 Å². The molecule has 0 amide bonds. The van der Waals surface area contributed by atoms with Crippen LogP contribution in [0.2, 0.25) is 0 Å². The van der Waals surface area contributed by atoms with Gasteiger partial charge in [-0.25, -0.2) is 52.7 Å². The summed E-state index contributed by atoms with van der Waals surface area (Å²) in [4.78, 5) is 0. The number of nitriles is 4. The summed E-state index contributed by atoms with van der Waals surface area (Å²) in [6.45, 7) is 1.23. The molecule has 3 aromatic rings. The van der Waals surface area contributed by atoms with E-state index in [1.165, 1.54) is 6.07 Å². The molecule has 1 saturated carbocycles. The minimum atomic E-state index is -2.58. The van der Waals surface area contributed by atoms with Gasteiger partial charge in [0.25, 0.3) is 0 Å². The molecule has 0 spiro atoms. The fourth-order valence-electron chi connectivity index (χ4n) is 5.03. The topological polar surface area (TPSA) is 95.2 Å². The molecular weight excluding hydrogens is 644 g/mol. The van der Waals surface area contributed by atoms with Gasteiger partial charge in [0.05, 0.1) is 28.7 Å². The fraction of sp³-hybridized carbons (Fsp3) is 0.133. The van der Waals surface area contributed by atoms with E-state index in [4.69, 9.17) is 10.5 Å². The summed E-state index contributed by atoms with van der Waals surface area (Å²) in [6, 6.07) is 4.02. The van der Waals surface area contributed by atoms with E-state index in [1.807, 2.05) is 0 Å². The van der Waals surface area contributed by atoms with Gasteiger partial charge in [0, 0.05) is 17.0 Å². The van der Waals surface area contributed by atoms with Crippen LogP contribution in [0.15, 0.2) is 11.1 Å². The predicted molar refractivity (Wildman–Crippen MR) is 130 cm³/mol. The molecule has 1 aliphatic rings. The van der Waals surface area contributed by atoms with E-state index < -0.39 is 137 Å². The molecule has 1 fully saturated rings. The first-order valence-corrected chi connectivity index (χ1v) is 12.2. The summed E-state index contributed by atoms with van der Waals surface area (Å²) < 4.78 is 177. The van der Waals surface area contributed by atoms with E-state index in [1.54, 1.807) is 0 Å². The van der Waals surface area contributed by atoms with Crippen LogP contribution in [0.25, 0.3) is 11.1 Å². The fourth-order valence-corrected chi connectivity index (χ4v) is 5.03. The smallest absolute Gasteiger partial charge is 0.180 e. The van der Waals surface area contributed by atoms with E-state index in [0.29, 0.717) is 13.8 Å². The normalized spacial score (nSPS) is 16.6. The van der Waals surface area contributed by atoms with Crippen molar-refractivity contribution in [1.82, 2.24) is 0 Å². The van der Waals surface area contributed by atoms with Crippen LogP contribution in [0, 0.1) is 128 Å². The van der Waals surface area contributed by atoms with E-state index >= 15 is 26.3 Å². The third kappa shape index (κ3) is 4.53. The van der Waals surface area contributed by atoms with Crippen molar-refractivity contribution in [2.24, 2.45) is 5.92 Å². The maximum Gasteiger partial charge on any atom is 0.180 e. The monoisotopic (exact) mass is 652 g/mol. The molecule has 16 heteroatoms. The molecular formula is C30H8F12N4. The minimum absolute atomic E-state index is 0.604. The molecule has 0 aliphatic heterocycles. The summed E-state index contributed by atoms with van der Waals surface area (Å²) in [7, 11) is 0. The number of rotatable bonds is 4. The molecule has 1 aliphatic carbocycles. The summed E-state index contributed by atoms with van der Waals surface area (Å²) in [5.74, 6) is -31.8. The van der Waals surface area contributed by atoms with Gasteiger partial charge >= 0.3 is 0 Å². The molecule has 232 valence electrons. The lowest BCUT2D eigenvalue weighted by molar-refractivity contribution is 0.424. The van der Waals surface area contributed by atoms with Gasteiger partial charge in [-0.2, -0.15) is 21.0 Å². The molecule has 46 heavy (non-hydrogen) atoms. The maximum atomic E-state index is 15.0. The highest BCUT2D eigenvalue weighted by molar-refractivity contribution is 5.95. The Bertz CT molecular complexity index is 2070. The van der Waals surface area contributed by atoms with Crippen LogP contribution >= 0.6 is 0 Å². The largest absolute Gasteiger partial charge is 0.203 e. The van der Waals surface area contributed by atoms with E-state index in [0.717, 1.165) is 18.2 Å². The van der Waals surface area contributed by atoms with Crippen molar-refractivity contribution in [1.29, 1.82) is 21.0 Å². The van der Waals surface area contributed by atoms with Gasteiger partial charge in [-0.05, 0) is 30.6 Å². The van der Waals surface area contributed by atoms with Crippen molar-refractivity contribution >= 4 is 11.1 Å². The summed E-state index contributed by atoms with van der Waals surface area (Å²) in [6.07, 6.45) is 0. The average Bonchev–Trinajstić information content (AvgIpc) is 3.76. The second kappa shape index (κ2) is 11.6. The predicted octanol–water partition coefficient (Wildman–Crippen LogP) is 8.10. The summed E-state index contributed by atoms with van der Waals surface area (Å²) in [5.41, 5.74) is -14.6. The quantitative estimate of drug-likeness (QED) is 0.162. The molecule has 0 bridgehead atoms. The van der Waals surface area contributed by atoms with Gasteiger partial charge in [0.2, 0.25) is 0 Å². The molecule has 4 nitrogen and oxygen atoms in total. The number of halogens is 12. The molecule has 4 rings (SSSR count). The van der Waals surface area contributed by atoms with E-state index in [9.17, 15) is 36.9 Å². The number of hydrogen-bond donors (Lipinski definition) is 0. The molecule has 2 unspecified atom stereocenters. The van der Waals surface area contributed by atoms with Crippen LogP contribution in [0.3, 0.4) is 0 Å². The molecule has 0 N–H and O–H groups in total. The third-order valence-corrected chi connectivity index (χ3v) is 7.29. The number of allylic oxidation sites excluding steroid dienone is 4. The minimum Gasteiger partial charge on any atom is -0.203 e. The average molecular weight is 652 g/mol. The zero-order valence-corrected chi connectivity index (χ0v) is 22.5. The molecule has 2 atom stereocenters. The van der Waals surface area contributed by atoms with Crippen molar-refractivity contribution in [3.05, 3.63) is 114 Å². The Hall–Kier alpha value is -5.74. The zero-order valence-electron chi connectivity index (χ0n) is 22.5. The van der Waals surface area contributed by atoms with Crippen molar-refractivity contribution < 1.29 is 52.7 Å². The Morgan fingerprint density at radius 2 is 0.935 bits per heavy atom. The first kappa shape index (κ1) is 33.2. The van der Waals surface area contributed by atoms with Crippen molar-refractivity contribution in [3.63, 3.8) is 0 Å². The maximum absolute atomic E-state index is 15.0. The molecule has 0 radical (unpaired) electrons. The first-order chi connectivity index (χ1) is 21.5. The first-order valence-electron chi connectivity index (χ1n) is 12.2. The van der Waals surface area contributed by atoms with Gasteiger partial charge in [0.15, 0.2) is 69.8 Å². The SMILES string of the molecule is CC(=C1/C(=C(\C#N)c2c(F)c(F)c(C#N)c(F)c2F)C1C(C#N)c1c(F)c(F)c(C)c(F)c1F)c1c(F)c(F)c(C#N)c(F)c1F. The van der Waals surface area contributed by atoms with E-state index in [-0.39, 0.29) is 0 Å². The second-order valence-electron chi connectivity index (χ2n) is 9.55. The van der Waals surface area contributed by atoms with Crippen LogP contribution in [-0.2, 0) is 0 Å². The zero-order chi connectivity index (χ0) is 34.7. The van der Waals surface area contributed by atoms with Gasteiger partial charge in [-0.15, -0.1) is 0 Å². The highest BCUT2D eigenvalue weighted by Gasteiger charge is 2.52. The Kier molecular flexibility index (Phi) is 8.39. The van der Waals surface area contributed by atoms with Crippen LogP contribution in [0.4, 0.5) is 52.7 Å². The standard InChI is InChI=1S/C30H8F12N4/c1-7(14-25(37)21(33)11(5-45)22(34)26(14)38)13-15(9(3-43)17-27(39)19(31)8(2)20(32)28(17)40)16(13)10(4-44)18-29(41)23(35)12(6-46)24(36)30(18)42/h9,15H,1-2H3/b13-7?,16-10-. The van der Waals surface area contributed by atoms with E-state index in [2.05, 4.69) is 0 Å². The molecule has 0 heterocycles. The van der Waals surface area contributed by atoms with Gasteiger partial charge in [-0.3, -0.25) is 0 Å². The molecule has 0 aromatic heterocycles. The number of benzene rings is 3. The van der Waals surface area contributed by atoms with Crippen molar-refractivity contribution in [2.75, 3.05) is 0 Å². The summed E-state index contributed by atoms with van der Waals surface area (Å²) >= 11 is 0. The highest BCUT2D eigenvalue weighted by Crippen LogP contribution is 2.60. The van der Waals surface area contributed by atoms with Crippen LogP contribution in [0.5, 0.6) is 0 Å². The summed E-state index contributed by atoms with van der Waals surface area (Å²) in [5, 5.41) is 37.4. The molecule has 3 aromatic carbocycles. The second-order valence-corrected chi connectivity index (χ2v) is 9.55. The van der Waals surface area contributed by atoms with Gasteiger partial charge < -0.3 is 0 Å². The van der Waals surface area contributed by atoms with Crippen LogP contribution in [-0.4, -0.2) is 0 Å². The third-order valence-electron chi connectivity index (χ3n) is 7.29. The Morgan fingerprint density at radius 3 is 1.28 bits per heavy atom. The van der Waals surface area contributed by atoms with Gasteiger partial charge in [-0.1, -0.05) is 0 Å². The lowest BCUT2D eigenvalue weighted by Gasteiger charge is -2.14. The van der Waals surface area contributed by atoms with Crippen molar-refractivity contribution in [2.45, 2.75) is 19.8 Å². The van der Waals surface area contributed by atoms with Crippen molar-refractivity contribution in [3.8, 4) is 24.3 Å². The highest BCUT2D eigenvalue weighted by atomic mass is 19.2. The lowest BCUT2D eigenvalue weighted by Crippen LogP contribution is -2.12. The van der Waals surface area contributed by atoms with Crippen LogP contribution in [0.1, 0.15) is 46.2 Å². The Labute approximate surface area is 249 Å². The Morgan fingerprint density at radius 1 is 0.543 bits per heavy atom. The number of nitrogens with zero attached hydrogens (tertiary/aromatic N) is 4. The Balaban J connectivity index is 2.22. The lowest BCUT2D eigenvalue weighted by atomic mass is 9.90.